The van der Waals surface area contributed by atoms with Crippen molar-refractivity contribution in [3.63, 3.8) is 0 Å². The largest absolute Gasteiger partial charge is 0.481 e. The minimum absolute atomic E-state index is 0.0653. The van der Waals surface area contributed by atoms with Crippen LogP contribution in [0.15, 0.2) is 0 Å². The van der Waals surface area contributed by atoms with Gasteiger partial charge in [0, 0.05) is 30.7 Å². The maximum Gasteiger partial charge on any atom is 0.304 e. The topological polar surface area (TPSA) is 43.8 Å². The van der Waals surface area contributed by atoms with Gasteiger partial charge in [0.2, 0.25) is 0 Å². The molecule has 0 aromatic rings. The fourth-order valence-corrected chi connectivity index (χ4v) is 3.69. The number of hydrogen-bond acceptors (Lipinski definition) is 3. The molecule has 0 aromatic carbocycles. The molecule has 19 heavy (non-hydrogen) atoms. The number of carboxylic acids is 1. The highest BCUT2D eigenvalue weighted by molar-refractivity contribution is 5.67. The van der Waals surface area contributed by atoms with Crippen LogP contribution in [0.2, 0.25) is 0 Å². The van der Waals surface area contributed by atoms with Crippen molar-refractivity contribution >= 4 is 5.97 Å². The van der Waals surface area contributed by atoms with E-state index in [1.54, 1.807) is 0 Å². The fraction of sp³-hybridized carbons (Fsp3) is 0.933. The van der Waals surface area contributed by atoms with E-state index in [0.717, 1.165) is 13.1 Å². The predicted octanol–water partition coefficient (Wildman–Crippen LogP) is 2.19. The van der Waals surface area contributed by atoms with E-state index >= 15 is 0 Å². The maximum atomic E-state index is 11.1. The van der Waals surface area contributed by atoms with Gasteiger partial charge in [0.25, 0.3) is 0 Å². The second kappa shape index (κ2) is 5.80. The van der Waals surface area contributed by atoms with E-state index in [9.17, 15) is 4.79 Å². The molecule has 1 aliphatic carbocycles. The standard InChI is InChI=1S/C15H28N2O2/c1-15(2)11-17(12-7-5-4-6-8-12)10-13(16(15)3)9-14(18)19/h12-13H,4-11H2,1-3H3,(H,18,19). The summed E-state index contributed by atoms with van der Waals surface area (Å²) in [6, 6.07) is 0.821. The molecule has 1 atom stereocenters. The monoisotopic (exact) mass is 268 g/mol. The number of likely N-dealkylation sites (N-methyl/N-ethyl adjacent to an activating group) is 1. The first-order valence-corrected chi connectivity index (χ1v) is 7.59. The van der Waals surface area contributed by atoms with Crippen molar-refractivity contribution in [1.29, 1.82) is 0 Å². The minimum Gasteiger partial charge on any atom is -0.481 e. The normalized spacial score (nSPS) is 30.4. The van der Waals surface area contributed by atoms with Gasteiger partial charge in [0.15, 0.2) is 0 Å². The van der Waals surface area contributed by atoms with Crippen LogP contribution in [0.4, 0.5) is 0 Å². The van der Waals surface area contributed by atoms with Crippen LogP contribution >= 0.6 is 0 Å². The molecular formula is C15H28N2O2. The summed E-state index contributed by atoms with van der Waals surface area (Å²) in [7, 11) is 2.08. The van der Waals surface area contributed by atoms with Gasteiger partial charge in [-0.15, -0.1) is 0 Å². The Bertz CT molecular complexity index is 324. The average molecular weight is 268 g/mol. The van der Waals surface area contributed by atoms with Crippen molar-refractivity contribution in [3.8, 4) is 0 Å². The third kappa shape index (κ3) is 3.48. The summed E-state index contributed by atoms with van der Waals surface area (Å²) in [6.07, 6.45) is 6.87. The molecule has 4 heteroatoms. The molecule has 1 heterocycles. The summed E-state index contributed by atoms with van der Waals surface area (Å²) in [5, 5.41) is 9.11. The van der Waals surface area contributed by atoms with E-state index in [1.165, 1.54) is 32.1 Å². The molecule has 1 unspecified atom stereocenters. The van der Waals surface area contributed by atoms with Crippen molar-refractivity contribution in [2.75, 3.05) is 20.1 Å². The van der Waals surface area contributed by atoms with Crippen LogP contribution in [0.1, 0.15) is 52.4 Å². The molecule has 2 aliphatic rings. The van der Waals surface area contributed by atoms with Crippen LogP contribution in [0.25, 0.3) is 0 Å². The molecule has 4 nitrogen and oxygen atoms in total. The van der Waals surface area contributed by atoms with E-state index in [1.807, 2.05) is 0 Å². The SMILES string of the molecule is CN1C(CC(=O)O)CN(C2CCCCC2)CC1(C)C. The first-order chi connectivity index (χ1) is 8.90. The van der Waals surface area contributed by atoms with Gasteiger partial charge in [-0.1, -0.05) is 19.3 Å². The van der Waals surface area contributed by atoms with Crippen molar-refractivity contribution in [2.24, 2.45) is 0 Å². The number of nitrogens with zero attached hydrogens (tertiary/aromatic N) is 2. The predicted molar refractivity (Wildman–Crippen MR) is 76.3 cm³/mol. The number of carbonyl (C=O) groups is 1. The molecule has 2 fully saturated rings. The Morgan fingerprint density at radius 1 is 1.26 bits per heavy atom. The fourth-order valence-electron chi connectivity index (χ4n) is 3.69. The number of carboxylic acid groups (broad SMARTS) is 1. The maximum absolute atomic E-state index is 11.1. The molecule has 1 saturated carbocycles. The zero-order valence-electron chi connectivity index (χ0n) is 12.6. The van der Waals surface area contributed by atoms with Crippen LogP contribution < -0.4 is 0 Å². The molecule has 0 aromatic heterocycles. The highest BCUT2D eigenvalue weighted by Gasteiger charge is 2.40. The summed E-state index contributed by atoms with van der Waals surface area (Å²) in [5.74, 6) is -0.682. The highest BCUT2D eigenvalue weighted by atomic mass is 16.4. The van der Waals surface area contributed by atoms with Gasteiger partial charge in [-0.05, 0) is 33.7 Å². The Labute approximate surface area is 116 Å². The summed E-state index contributed by atoms with van der Waals surface area (Å²) in [4.78, 5) is 15.9. The van der Waals surface area contributed by atoms with Crippen LogP contribution in [-0.4, -0.2) is 58.6 Å². The zero-order chi connectivity index (χ0) is 14.0. The molecule has 110 valence electrons. The summed E-state index contributed by atoms with van der Waals surface area (Å²) in [6.45, 7) is 6.44. The lowest BCUT2D eigenvalue weighted by Gasteiger charge is -2.52. The van der Waals surface area contributed by atoms with Crippen molar-refractivity contribution < 1.29 is 9.90 Å². The van der Waals surface area contributed by atoms with Gasteiger partial charge in [-0.2, -0.15) is 0 Å². The van der Waals surface area contributed by atoms with Gasteiger partial charge >= 0.3 is 5.97 Å². The van der Waals surface area contributed by atoms with Crippen LogP contribution in [-0.2, 0) is 4.79 Å². The highest BCUT2D eigenvalue weighted by Crippen LogP contribution is 2.30. The Morgan fingerprint density at radius 3 is 2.47 bits per heavy atom. The lowest BCUT2D eigenvalue weighted by molar-refractivity contribution is -0.140. The van der Waals surface area contributed by atoms with Gasteiger partial charge in [0.05, 0.1) is 6.42 Å². The second-order valence-electron chi connectivity index (χ2n) is 6.90. The Balaban J connectivity index is 2.06. The third-order valence-electron chi connectivity index (χ3n) is 5.04. The van der Waals surface area contributed by atoms with Gasteiger partial charge < -0.3 is 5.11 Å². The molecule has 0 radical (unpaired) electrons. The Hall–Kier alpha value is -0.610. The van der Waals surface area contributed by atoms with E-state index < -0.39 is 5.97 Å². The summed E-state index contributed by atoms with van der Waals surface area (Å²) in [5.41, 5.74) is 0.0653. The van der Waals surface area contributed by atoms with Crippen LogP contribution in [0.3, 0.4) is 0 Å². The summed E-state index contributed by atoms with van der Waals surface area (Å²) >= 11 is 0. The average Bonchev–Trinajstić information content (AvgIpc) is 2.35. The van der Waals surface area contributed by atoms with E-state index in [4.69, 9.17) is 5.11 Å². The summed E-state index contributed by atoms with van der Waals surface area (Å²) < 4.78 is 0. The minimum atomic E-state index is -0.682. The molecule has 0 amide bonds. The van der Waals surface area contributed by atoms with E-state index in [-0.39, 0.29) is 18.0 Å². The Morgan fingerprint density at radius 2 is 1.89 bits per heavy atom. The van der Waals surface area contributed by atoms with Crippen LogP contribution in [0.5, 0.6) is 0 Å². The molecule has 0 spiro atoms. The molecule has 2 rings (SSSR count). The van der Waals surface area contributed by atoms with Crippen molar-refractivity contribution in [1.82, 2.24) is 9.80 Å². The first-order valence-electron chi connectivity index (χ1n) is 7.59. The molecular weight excluding hydrogens is 240 g/mol. The molecule has 1 N–H and O–H groups in total. The molecule has 0 bridgehead atoms. The first kappa shape index (κ1) is 14.8. The third-order valence-corrected chi connectivity index (χ3v) is 5.04. The molecule has 1 aliphatic heterocycles. The van der Waals surface area contributed by atoms with Gasteiger partial charge in [-0.3, -0.25) is 14.6 Å². The zero-order valence-corrected chi connectivity index (χ0v) is 12.6. The van der Waals surface area contributed by atoms with Crippen LogP contribution in [0, 0.1) is 0 Å². The number of piperazine rings is 1. The smallest absolute Gasteiger partial charge is 0.304 e. The number of aliphatic carboxylic acids is 1. The number of rotatable bonds is 3. The van der Waals surface area contributed by atoms with E-state index in [0.29, 0.717) is 6.04 Å². The second-order valence-corrected chi connectivity index (χ2v) is 6.90. The quantitative estimate of drug-likeness (QED) is 0.852. The van der Waals surface area contributed by atoms with Crippen molar-refractivity contribution in [3.05, 3.63) is 0 Å². The lowest BCUT2D eigenvalue weighted by Crippen LogP contribution is -2.64. The van der Waals surface area contributed by atoms with E-state index in [2.05, 4.69) is 30.7 Å². The molecule has 1 saturated heterocycles. The lowest BCUT2D eigenvalue weighted by atomic mass is 9.88. The van der Waals surface area contributed by atoms with Gasteiger partial charge in [0.1, 0.15) is 0 Å². The Kier molecular flexibility index (Phi) is 4.51. The number of hydrogen-bond donors (Lipinski definition) is 1. The van der Waals surface area contributed by atoms with Gasteiger partial charge in [-0.25, -0.2) is 0 Å². The van der Waals surface area contributed by atoms with Crippen molar-refractivity contribution in [2.45, 2.75) is 70.0 Å².